The number of hydrogen-bond donors (Lipinski definition) is 1. The molecule has 1 aliphatic heterocycles. The Morgan fingerprint density at radius 2 is 1.92 bits per heavy atom. The van der Waals surface area contributed by atoms with Gasteiger partial charge in [0, 0.05) is 0 Å². The molecule has 5 nitrogen and oxygen atoms in total. The molecule has 0 amide bonds. The van der Waals surface area contributed by atoms with Gasteiger partial charge in [0.15, 0.2) is 11.5 Å². The van der Waals surface area contributed by atoms with E-state index in [1.165, 1.54) is 0 Å². The van der Waals surface area contributed by atoms with E-state index in [4.69, 9.17) is 9.47 Å². The third kappa shape index (κ3) is 2.78. The largest absolute Gasteiger partial charge is 0.486 e. The van der Waals surface area contributed by atoms with Crippen LogP contribution in [0.1, 0.15) is 25.5 Å². The molecular weight excluding hydrogens is 322 g/mol. The van der Waals surface area contributed by atoms with Crippen molar-refractivity contribution in [1.29, 1.82) is 0 Å². The van der Waals surface area contributed by atoms with E-state index in [9.17, 15) is 0 Å². The zero-order chi connectivity index (χ0) is 16.5. The van der Waals surface area contributed by atoms with Gasteiger partial charge in [-0.25, -0.2) is 9.97 Å². The lowest BCUT2D eigenvalue weighted by Crippen LogP contribution is -2.19. The fourth-order valence-electron chi connectivity index (χ4n) is 2.94. The topological polar surface area (TPSA) is 56.3 Å². The summed E-state index contributed by atoms with van der Waals surface area (Å²) in [6.07, 6.45) is 1.61. The summed E-state index contributed by atoms with van der Waals surface area (Å²) < 4.78 is 11.3. The van der Waals surface area contributed by atoms with E-state index < -0.39 is 0 Å². The molecule has 1 aromatic carbocycles. The molecule has 4 rings (SSSR count). The molecule has 1 unspecified atom stereocenters. The van der Waals surface area contributed by atoms with Gasteiger partial charge in [-0.3, -0.25) is 0 Å². The number of thiophene rings is 1. The summed E-state index contributed by atoms with van der Waals surface area (Å²) in [6.45, 7) is 5.59. The number of hydrogen-bond acceptors (Lipinski definition) is 6. The first-order valence-corrected chi connectivity index (χ1v) is 8.94. The highest BCUT2D eigenvalue weighted by Crippen LogP contribution is 2.36. The minimum absolute atomic E-state index is 0.124. The number of aromatic nitrogens is 2. The average molecular weight is 341 g/mol. The second-order valence-electron chi connectivity index (χ2n) is 6.13. The van der Waals surface area contributed by atoms with Crippen LogP contribution < -0.4 is 14.8 Å². The van der Waals surface area contributed by atoms with E-state index in [2.05, 4.69) is 47.3 Å². The molecule has 0 fully saturated rings. The van der Waals surface area contributed by atoms with Gasteiger partial charge < -0.3 is 14.8 Å². The van der Waals surface area contributed by atoms with Gasteiger partial charge in [-0.1, -0.05) is 19.9 Å². The maximum absolute atomic E-state index is 5.73. The van der Waals surface area contributed by atoms with E-state index in [1.54, 1.807) is 17.7 Å². The Labute approximate surface area is 144 Å². The second-order valence-corrected chi connectivity index (χ2v) is 7.03. The van der Waals surface area contributed by atoms with Crippen molar-refractivity contribution in [1.82, 2.24) is 9.97 Å². The van der Waals surface area contributed by atoms with Gasteiger partial charge in [-0.05, 0) is 35.1 Å². The Bertz CT molecular complexity index is 862. The number of nitrogens with one attached hydrogen (secondary N) is 1. The fraction of sp³-hybridized carbons (Fsp3) is 0.333. The number of benzene rings is 1. The van der Waals surface area contributed by atoms with Crippen molar-refractivity contribution in [2.75, 3.05) is 18.5 Å². The van der Waals surface area contributed by atoms with Crippen LogP contribution in [0, 0.1) is 5.92 Å². The van der Waals surface area contributed by atoms with Gasteiger partial charge in [0.25, 0.3) is 0 Å². The molecule has 1 aliphatic rings. The molecule has 1 N–H and O–H groups in total. The predicted octanol–water partition coefficient (Wildman–Crippen LogP) is 4.27. The Morgan fingerprint density at radius 3 is 2.75 bits per heavy atom. The molecule has 3 heterocycles. The van der Waals surface area contributed by atoms with E-state index in [0.717, 1.165) is 33.1 Å². The summed E-state index contributed by atoms with van der Waals surface area (Å²) in [7, 11) is 0. The monoisotopic (exact) mass is 341 g/mol. The van der Waals surface area contributed by atoms with E-state index >= 15 is 0 Å². The Hall–Kier alpha value is -2.34. The number of rotatable bonds is 4. The molecule has 6 heteroatoms. The average Bonchev–Trinajstić information content (AvgIpc) is 3.08. The highest BCUT2D eigenvalue weighted by atomic mass is 32.1. The standard InChI is InChI=1S/C18H19N3O2S/c1-11(2)16(12-3-4-14-15(9-12)23-7-6-22-14)21-17-13-5-8-24-18(13)20-10-19-17/h3-5,8-11,16H,6-7H2,1-2H3,(H,19,20,21). The lowest BCUT2D eigenvalue weighted by Gasteiger charge is -2.26. The Kier molecular flexibility index (Phi) is 3.98. The maximum atomic E-state index is 5.73. The van der Waals surface area contributed by atoms with Crippen LogP contribution in [-0.4, -0.2) is 23.2 Å². The van der Waals surface area contributed by atoms with Gasteiger partial charge in [0.05, 0.1) is 11.4 Å². The van der Waals surface area contributed by atoms with Gasteiger partial charge in [-0.2, -0.15) is 0 Å². The van der Waals surface area contributed by atoms with Crippen LogP contribution in [0.25, 0.3) is 10.2 Å². The van der Waals surface area contributed by atoms with Crippen molar-refractivity contribution in [3.05, 3.63) is 41.5 Å². The van der Waals surface area contributed by atoms with Crippen LogP contribution in [0.3, 0.4) is 0 Å². The van der Waals surface area contributed by atoms with Crippen LogP contribution in [0.4, 0.5) is 5.82 Å². The third-order valence-corrected chi connectivity index (χ3v) is 4.97. The van der Waals surface area contributed by atoms with E-state index in [0.29, 0.717) is 19.1 Å². The first-order chi connectivity index (χ1) is 11.7. The minimum atomic E-state index is 0.124. The molecule has 0 spiro atoms. The number of fused-ring (bicyclic) bond motifs is 2. The maximum Gasteiger partial charge on any atom is 0.161 e. The molecule has 0 saturated carbocycles. The number of anilines is 1. The van der Waals surface area contributed by atoms with Gasteiger partial charge in [0.2, 0.25) is 0 Å². The number of nitrogens with zero attached hydrogens (tertiary/aromatic N) is 2. The van der Waals surface area contributed by atoms with Crippen LogP contribution >= 0.6 is 11.3 Å². The number of ether oxygens (including phenoxy) is 2. The molecule has 0 radical (unpaired) electrons. The highest BCUT2D eigenvalue weighted by molar-refractivity contribution is 7.16. The predicted molar refractivity (Wildman–Crippen MR) is 96.0 cm³/mol. The first kappa shape index (κ1) is 15.2. The van der Waals surface area contributed by atoms with Crippen LogP contribution in [0.15, 0.2) is 36.0 Å². The molecular formula is C18H19N3O2S. The molecule has 124 valence electrons. The summed E-state index contributed by atoms with van der Waals surface area (Å²) in [5.74, 6) is 2.88. The zero-order valence-corrected chi connectivity index (χ0v) is 14.5. The molecule has 0 aliphatic carbocycles. The highest BCUT2D eigenvalue weighted by Gasteiger charge is 2.21. The molecule has 3 aromatic rings. The van der Waals surface area contributed by atoms with Crippen LogP contribution in [0.5, 0.6) is 11.5 Å². The molecule has 1 atom stereocenters. The third-order valence-electron chi connectivity index (χ3n) is 4.15. The Morgan fingerprint density at radius 1 is 1.08 bits per heavy atom. The normalized spacial score (nSPS) is 14.8. The first-order valence-electron chi connectivity index (χ1n) is 8.06. The van der Waals surface area contributed by atoms with Crippen molar-refractivity contribution in [2.45, 2.75) is 19.9 Å². The summed E-state index contributed by atoms with van der Waals surface area (Å²) >= 11 is 1.62. The lowest BCUT2D eigenvalue weighted by atomic mass is 9.95. The second kappa shape index (κ2) is 6.28. The molecule has 24 heavy (non-hydrogen) atoms. The minimum Gasteiger partial charge on any atom is -0.486 e. The van der Waals surface area contributed by atoms with Gasteiger partial charge in [-0.15, -0.1) is 11.3 Å². The van der Waals surface area contributed by atoms with Gasteiger partial charge in [0.1, 0.15) is 30.2 Å². The van der Waals surface area contributed by atoms with Gasteiger partial charge >= 0.3 is 0 Å². The van der Waals surface area contributed by atoms with E-state index in [-0.39, 0.29) is 6.04 Å². The van der Waals surface area contributed by atoms with Crippen molar-refractivity contribution in [3.8, 4) is 11.5 Å². The SMILES string of the molecule is CC(C)C(Nc1ncnc2sccc12)c1ccc2c(c1)OCCO2. The summed E-state index contributed by atoms with van der Waals surface area (Å²) in [5, 5.41) is 6.69. The molecule has 2 aromatic heterocycles. The zero-order valence-electron chi connectivity index (χ0n) is 13.7. The van der Waals surface area contributed by atoms with Crippen LogP contribution in [0.2, 0.25) is 0 Å². The molecule has 0 bridgehead atoms. The van der Waals surface area contributed by atoms with Crippen molar-refractivity contribution in [3.63, 3.8) is 0 Å². The lowest BCUT2D eigenvalue weighted by molar-refractivity contribution is 0.171. The quantitative estimate of drug-likeness (QED) is 0.768. The smallest absolute Gasteiger partial charge is 0.161 e. The Balaban J connectivity index is 1.69. The van der Waals surface area contributed by atoms with Crippen molar-refractivity contribution >= 4 is 27.4 Å². The van der Waals surface area contributed by atoms with Crippen LogP contribution in [-0.2, 0) is 0 Å². The van der Waals surface area contributed by atoms with Crippen molar-refractivity contribution < 1.29 is 9.47 Å². The van der Waals surface area contributed by atoms with E-state index in [1.807, 2.05) is 11.4 Å². The molecule has 0 saturated heterocycles. The summed E-state index contributed by atoms with van der Waals surface area (Å²) in [6, 6.07) is 8.33. The fourth-order valence-corrected chi connectivity index (χ4v) is 3.67. The summed E-state index contributed by atoms with van der Waals surface area (Å²) in [5.41, 5.74) is 1.16. The summed E-state index contributed by atoms with van der Waals surface area (Å²) in [4.78, 5) is 9.76. The van der Waals surface area contributed by atoms with Crippen molar-refractivity contribution in [2.24, 2.45) is 5.92 Å².